The fourth-order valence-corrected chi connectivity index (χ4v) is 7.86. The molecule has 0 radical (unpaired) electrons. The molecule has 262 valence electrons. The number of halogens is 1. The number of hydrogen-bond acceptors (Lipinski definition) is 7. The van der Waals surface area contributed by atoms with E-state index < -0.39 is 17.1 Å². The van der Waals surface area contributed by atoms with Gasteiger partial charge in [0.15, 0.2) is 5.65 Å². The van der Waals surface area contributed by atoms with E-state index in [-0.39, 0.29) is 22.8 Å². The van der Waals surface area contributed by atoms with Gasteiger partial charge in [-0.05, 0) is 110 Å². The molecule has 1 N–H and O–H groups in total. The summed E-state index contributed by atoms with van der Waals surface area (Å²) >= 11 is 0. The number of aryl methyl sites for hydroxylation is 2. The summed E-state index contributed by atoms with van der Waals surface area (Å²) in [5, 5.41) is 10.4. The van der Waals surface area contributed by atoms with Crippen molar-refractivity contribution in [2.24, 2.45) is 5.92 Å². The Kier molecular flexibility index (Phi) is 8.99. The number of hydrogen-bond donors (Lipinski definition) is 1. The van der Waals surface area contributed by atoms with Crippen molar-refractivity contribution < 1.29 is 14.2 Å². The van der Waals surface area contributed by atoms with E-state index in [9.17, 15) is 19.1 Å². The lowest BCUT2D eigenvalue weighted by atomic mass is 9.83. The Bertz CT molecular complexity index is 2350. The van der Waals surface area contributed by atoms with Crippen LogP contribution >= 0.6 is 0 Å². The van der Waals surface area contributed by atoms with Crippen LogP contribution in [0.5, 0.6) is 5.75 Å². The van der Waals surface area contributed by atoms with Crippen molar-refractivity contribution in [3.63, 3.8) is 0 Å². The average molecular weight is 689 g/mol. The van der Waals surface area contributed by atoms with Crippen LogP contribution in [-0.4, -0.2) is 59.8 Å². The summed E-state index contributed by atoms with van der Waals surface area (Å²) in [5.74, 6) is 0.00498. The van der Waals surface area contributed by atoms with Crippen LogP contribution < -0.4 is 11.2 Å². The molecule has 2 aromatic carbocycles. The molecular weight excluding hydrogens is 647 g/mol. The van der Waals surface area contributed by atoms with E-state index in [4.69, 9.17) is 9.72 Å². The van der Waals surface area contributed by atoms with Crippen molar-refractivity contribution in [2.45, 2.75) is 58.0 Å². The normalized spacial score (nSPS) is 18.5. The lowest BCUT2D eigenvalue weighted by Crippen LogP contribution is -2.43. The summed E-state index contributed by atoms with van der Waals surface area (Å²) in [4.78, 5) is 39.7. The number of imidazole rings is 1. The van der Waals surface area contributed by atoms with Crippen molar-refractivity contribution in [3.8, 4) is 22.6 Å². The van der Waals surface area contributed by atoms with Gasteiger partial charge in [0.05, 0.1) is 36.2 Å². The van der Waals surface area contributed by atoms with Gasteiger partial charge in [0.1, 0.15) is 17.2 Å². The van der Waals surface area contributed by atoms with Crippen molar-refractivity contribution >= 4 is 16.7 Å². The zero-order valence-electron chi connectivity index (χ0n) is 28.7. The molecule has 0 bridgehead atoms. The minimum absolute atomic E-state index is 0.0712. The number of rotatable bonds is 8. The molecule has 6 aromatic rings. The zero-order chi connectivity index (χ0) is 35.1. The maximum Gasteiger partial charge on any atom is 0.337 e. The van der Waals surface area contributed by atoms with Crippen LogP contribution in [0.15, 0.2) is 88.8 Å². The molecule has 4 aromatic heterocycles. The van der Waals surface area contributed by atoms with E-state index in [1.165, 1.54) is 20.8 Å². The number of morpholine rings is 1. The highest BCUT2D eigenvalue weighted by Gasteiger charge is 2.28. The van der Waals surface area contributed by atoms with E-state index in [1.54, 1.807) is 12.1 Å². The Labute approximate surface area is 294 Å². The molecule has 0 atom stereocenters. The average Bonchev–Trinajstić information content (AvgIpc) is 3.54. The number of benzene rings is 2. The third kappa shape index (κ3) is 6.71. The Morgan fingerprint density at radius 2 is 1.78 bits per heavy atom. The second kappa shape index (κ2) is 13.9. The second-order valence-electron chi connectivity index (χ2n) is 14.0. The quantitative estimate of drug-likeness (QED) is 0.203. The van der Waals surface area contributed by atoms with Gasteiger partial charge in [-0.1, -0.05) is 24.3 Å². The fourth-order valence-electron chi connectivity index (χ4n) is 7.86. The standard InChI is InChI=1S/C40H41FN6O4/c1-26-5-14-37-43-31(25-45(37)23-26)9-6-27-7-10-32(11-8-27)47-39(49)36-21-30(41)22-42-38(36)46(40(47)50)33-4-2-3-28(19-33)35-13-12-34(48)20-29(35)24-44-15-17-51-18-16-44/h2-5,12-14,19-23,25,27,32,48H,6-11,15-18,24H2,1H3. The molecule has 11 heteroatoms. The molecule has 2 fully saturated rings. The lowest BCUT2D eigenvalue weighted by molar-refractivity contribution is 0.0342. The van der Waals surface area contributed by atoms with Gasteiger partial charge < -0.3 is 14.2 Å². The van der Waals surface area contributed by atoms with Crippen LogP contribution in [0.4, 0.5) is 4.39 Å². The first kappa shape index (κ1) is 33.0. The maximum atomic E-state index is 14.6. The molecule has 2 aliphatic rings. The Morgan fingerprint density at radius 1 is 0.961 bits per heavy atom. The van der Waals surface area contributed by atoms with Crippen LogP contribution in [0.1, 0.15) is 55.0 Å². The summed E-state index contributed by atoms with van der Waals surface area (Å²) in [5.41, 5.74) is 5.56. The number of aromatic hydroxyl groups is 1. The molecule has 0 amide bonds. The molecule has 1 saturated carbocycles. The van der Waals surface area contributed by atoms with Gasteiger partial charge in [0, 0.05) is 38.1 Å². The third-order valence-electron chi connectivity index (χ3n) is 10.5. The van der Waals surface area contributed by atoms with E-state index in [2.05, 4.69) is 39.7 Å². The first-order valence-corrected chi connectivity index (χ1v) is 17.8. The molecule has 1 saturated heterocycles. The van der Waals surface area contributed by atoms with Gasteiger partial charge in [0.25, 0.3) is 5.56 Å². The van der Waals surface area contributed by atoms with Crippen molar-refractivity contribution in [1.82, 2.24) is 28.4 Å². The SMILES string of the molecule is Cc1ccc2nc(CCC3CCC(n4c(=O)c5cc(F)cnc5n(-c5cccc(-c6ccc(O)cc6CN6CCOCC6)c5)c4=O)CC3)cn2c1. The third-order valence-corrected chi connectivity index (χ3v) is 10.5. The topological polar surface area (TPSA) is 107 Å². The summed E-state index contributed by atoms with van der Waals surface area (Å²) in [6.45, 7) is 5.61. The number of phenolic OH excluding ortho intramolecular Hbond substituents is 1. The molecule has 51 heavy (non-hydrogen) atoms. The Morgan fingerprint density at radius 3 is 2.61 bits per heavy atom. The highest BCUT2D eigenvalue weighted by atomic mass is 19.1. The van der Waals surface area contributed by atoms with Gasteiger partial charge >= 0.3 is 5.69 Å². The van der Waals surface area contributed by atoms with Gasteiger partial charge in [-0.15, -0.1) is 0 Å². The molecule has 1 aliphatic carbocycles. The highest BCUT2D eigenvalue weighted by Crippen LogP contribution is 2.34. The molecule has 8 rings (SSSR count). The summed E-state index contributed by atoms with van der Waals surface area (Å²) in [7, 11) is 0. The van der Waals surface area contributed by atoms with Gasteiger partial charge in [-0.3, -0.25) is 14.3 Å². The molecule has 0 unspecified atom stereocenters. The van der Waals surface area contributed by atoms with E-state index in [0.29, 0.717) is 44.2 Å². The van der Waals surface area contributed by atoms with E-state index in [1.807, 2.05) is 36.4 Å². The molecular formula is C40H41FN6O4. The predicted molar refractivity (Wildman–Crippen MR) is 194 cm³/mol. The number of nitrogens with zero attached hydrogens (tertiary/aromatic N) is 6. The van der Waals surface area contributed by atoms with Gasteiger partial charge in [0.2, 0.25) is 0 Å². The molecule has 5 heterocycles. The number of pyridine rings is 2. The minimum atomic E-state index is -0.632. The lowest BCUT2D eigenvalue weighted by Gasteiger charge is -2.30. The zero-order valence-corrected chi connectivity index (χ0v) is 28.7. The van der Waals surface area contributed by atoms with E-state index in [0.717, 1.165) is 73.0 Å². The van der Waals surface area contributed by atoms with E-state index >= 15 is 0 Å². The summed E-state index contributed by atoms with van der Waals surface area (Å²) in [6.07, 6.45) is 10.2. The van der Waals surface area contributed by atoms with Gasteiger partial charge in [-0.25, -0.2) is 23.7 Å². The first-order chi connectivity index (χ1) is 24.8. The van der Waals surface area contributed by atoms with Gasteiger partial charge in [-0.2, -0.15) is 0 Å². The summed E-state index contributed by atoms with van der Waals surface area (Å²) in [6, 6.07) is 17.8. The first-order valence-electron chi connectivity index (χ1n) is 17.8. The van der Waals surface area contributed by atoms with Crippen LogP contribution in [0.2, 0.25) is 0 Å². The van der Waals surface area contributed by atoms with Crippen LogP contribution in [0.3, 0.4) is 0 Å². The number of ether oxygens (including phenoxy) is 1. The Balaban J connectivity index is 1.09. The van der Waals surface area contributed by atoms with Crippen LogP contribution in [0, 0.1) is 18.7 Å². The van der Waals surface area contributed by atoms with Crippen molar-refractivity contribution in [2.75, 3.05) is 26.3 Å². The fraction of sp³-hybridized carbons (Fsp3) is 0.350. The highest BCUT2D eigenvalue weighted by molar-refractivity contribution is 5.77. The molecule has 0 spiro atoms. The predicted octanol–water partition coefficient (Wildman–Crippen LogP) is 6.21. The Hall–Kier alpha value is -5.13. The van der Waals surface area contributed by atoms with Crippen LogP contribution in [0.25, 0.3) is 33.5 Å². The monoisotopic (exact) mass is 688 g/mol. The number of fused-ring (bicyclic) bond motifs is 2. The number of aromatic nitrogens is 5. The van der Waals surface area contributed by atoms with Crippen molar-refractivity contribution in [3.05, 3.63) is 123 Å². The second-order valence-corrected chi connectivity index (χ2v) is 14.0. The van der Waals surface area contributed by atoms with Crippen LogP contribution in [-0.2, 0) is 17.7 Å². The maximum absolute atomic E-state index is 14.6. The largest absolute Gasteiger partial charge is 0.508 e. The smallest absolute Gasteiger partial charge is 0.337 e. The number of phenols is 1. The molecule has 1 aliphatic heterocycles. The summed E-state index contributed by atoms with van der Waals surface area (Å²) < 4.78 is 25.0. The molecule has 10 nitrogen and oxygen atoms in total. The minimum Gasteiger partial charge on any atom is -0.508 e. The van der Waals surface area contributed by atoms with Crippen molar-refractivity contribution in [1.29, 1.82) is 0 Å².